The van der Waals surface area contributed by atoms with E-state index < -0.39 is 12.2 Å². The zero-order valence-electron chi connectivity index (χ0n) is 11.2. The summed E-state index contributed by atoms with van der Waals surface area (Å²) < 4.78 is 16.1. The third-order valence-corrected chi connectivity index (χ3v) is 3.02. The number of aliphatic hydroxyl groups excluding tert-OH is 3. The number of hydrogen-bond donors (Lipinski definition) is 3. The smallest absolute Gasteiger partial charge is 0.281 e. The molecule has 110 valence electrons. The van der Waals surface area contributed by atoms with E-state index in [0.29, 0.717) is 23.5 Å². The molecule has 0 amide bonds. The normalized spacial score (nSPS) is 21.9. The Hall–Kier alpha value is -1.76. The van der Waals surface area contributed by atoms with Gasteiger partial charge in [0, 0.05) is 6.42 Å². The lowest BCUT2D eigenvalue weighted by Crippen LogP contribution is -2.35. The zero-order chi connectivity index (χ0) is 14.5. The zero-order valence-corrected chi connectivity index (χ0v) is 11.2. The molecule has 0 spiro atoms. The van der Waals surface area contributed by atoms with Gasteiger partial charge in [0.1, 0.15) is 0 Å². The van der Waals surface area contributed by atoms with Gasteiger partial charge in [0.2, 0.25) is 0 Å². The largest absolute Gasteiger partial charge is 0.493 e. The molecule has 2 unspecified atom stereocenters. The molecule has 2 atom stereocenters. The lowest BCUT2D eigenvalue weighted by Gasteiger charge is -2.27. The molecule has 0 fully saturated rings. The van der Waals surface area contributed by atoms with E-state index >= 15 is 0 Å². The molecule has 1 aromatic rings. The van der Waals surface area contributed by atoms with Gasteiger partial charge in [-0.3, -0.25) is 0 Å². The van der Waals surface area contributed by atoms with Gasteiger partial charge in [0.15, 0.2) is 17.6 Å². The summed E-state index contributed by atoms with van der Waals surface area (Å²) in [5.74, 6) is 1.11. The van der Waals surface area contributed by atoms with E-state index in [9.17, 15) is 5.11 Å². The van der Waals surface area contributed by atoms with Crippen molar-refractivity contribution in [3.8, 4) is 11.5 Å². The van der Waals surface area contributed by atoms with Crippen molar-refractivity contribution in [2.24, 2.45) is 0 Å². The van der Waals surface area contributed by atoms with Crippen LogP contribution < -0.4 is 9.47 Å². The topological polar surface area (TPSA) is 88.4 Å². The van der Waals surface area contributed by atoms with Gasteiger partial charge in [0.05, 0.1) is 26.4 Å². The van der Waals surface area contributed by atoms with Gasteiger partial charge in [-0.05, 0) is 23.8 Å². The maximum absolute atomic E-state index is 9.58. The Labute approximate surface area is 116 Å². The standard InChI is InChI=1S/C14H18O6/c1-18-12-6-9(7-15)2-4-11(12)19-14-5-3-10(17)13(8-16)20-14/h2,4-6,10,13,15-17H,3,7-8H2,1H3. The van der Waals surface area contributed by atoms with Crippen molar-refractivity contribution >= 4 is 0 Å². The quantitative estimate of drug-likeness (QED) is 0.731. The van der Waals surface area contributed by atoms with Crippen LogP contribution in [0.3, 0.4) is 0 Å². The van der Waals surface area contributed by atoms with Gasteiger partial charge in [0.25, 0.3) is 5.95 Å². The molecule has 2 rings (SSSR count). The highest BCUT2D eigenvalue weighted by molar-refractivity contribution is 5.43. The molecule has 20 heavy (non-hydrogen) atoms. The summed E-state index contributed by atoms with van der Waals surface area (Å²) in [6.07, 6.45) is 0.511. The first-order valence-corrected chi connectivity index (χ1v) is 6.29. The molecule has 1 aliphatic heterocycles. The molecule has 0 aromatic heterocycles. The lowest BCUT2D eigenvalue weighted by atomic mass is 10.1. The van der Waals surface area contributed by atoms with Crippen LogP contribution in [0.15, 0.2) is 30.2 Å². The first-order valence-electron chi connectivity index (χ1n) is 6.29. The van der Waals surface area contributed by atoms with E-state index in [4.69, 9.17) is 24.4 Å². The number of aliphatic hydroxyl groups is 3. The second-order valence-corrected chi connectivity index (χ2v) is 4.41. The average Bonchev–Trinajstić information content (AvgIpc) is 2.49. The highest BCUT2D eigenvalue weighted by Crippen LogP contribution is 2.31. The fourth-order valence-electron chi connectivity index (χ4n) is 1.87. The van der Waals surface area contributed by atoms with Gasteiger partial charge in [-0.15, -0.1) is 0 Å². The summed E-state index contributed by atoms with van der Waals surface area (Å²) in [6.45, 7) is -0.378. The van der Waals surface area contributed by atoms with E-state index in [2.05, 4.69) is 0 Å². The average molecular weight is 282 g/mol. The van der Waals surface area contributed by atoms with E-state index in [0.717, 1.165) is 0 Å². The molecule has 1 aromatic carbocycles. The van der Waals surface area contributed by atoms with Crippen LogP contribution in [0, 0.1) is 0 Å². The van der Waals surface area contributed by atoms with Gasteiger partial charge in [-0.1, -0.05) is 6.07 Å². The van der Waals surface area contributed by atoms with Crippen molar-refractivity contribution < 1.29 is 29.5 Å². The van der Waals surface area contributed by atoms with Crippen LogP contribution in [-0.4, -0.2) is 41.2 Å². The van der Waals surface area contributed by atoms with E-state index in [1.807, 2.05) is 0 Å². The van der Waals surface area contributed by atoms with Crippen molar-refractivity contribution in [2.75, 3.05) is 13.7 Å². The molecule has 3 N–H and O–H groups in total. The first kappa shape index (κ1) is 14.6. The second-order valence-electron chi connectivity index (χ2n) is 4.41. The highest BCUT2D eigenvalue weighted by Gasteiger charge is 2.26. The molecule has 1 heterocycles. The minimum absolute atomic E-state index is 0.0887. The number of ether oxygens (including phenoxy) is 3. The fourth-order valence-corrected chi connectivity index (χ4v) is 1.87. The van der Waals surface area contributed by atoms with E-state index in [-0.39, 0.29) is 19.2 Å². The van der Waals surface area contributed by atoms with Crippen molar-refractivity contribution in [1.29, 1.82) is 0 Å². The predicted octanol–water partition coefficient (Wildman–Crippen LogP) is 0.550. The maximum atomic E-state index is 9.58. The molecule has 0 radical (unpaired) electrons. The van der Waals surface area contributed by atoms with Crippen LogP contribution in [0.2, 0.25) is 0 Å². The van der Waals surface area contributed by atoms with Crippen LogP contribution in [-0.2, 0) is 11.3 Å². The minimum Gasteiger partial charge on any atom is -0.493 e. The van der Waals surface area contributed by atoms with E-state index in [1.54, 1.807) is 24.3 Å². The Morgan fingerprint density at radius 2 is 2.10 bits per heavy atom. The third kappa shape index (κ3) is 3.22. The van der Waals surface area contributed by atoms with Crippen LogP contribution in [0.1, 0.15) is 12.0 Å². The van der Waals surface area contributed by atoms with Crippen LogP contribution in [0.25, 0.3) is 0 Å². The SMILES string of the molecule is COc1cc(CO)ccc1OC1=CCC(O)C(CO)O1. The van der Waals surface area contributed by atoms with Gasteiger partial charge in [-0.2, -0.15) is 0 Å². The Kier molecular flexibility index (Phi) is 4.84. The molecule has 0 saturated heterocycles. The highest BCUT2D eigenvalue weighted by atomic mass is 16.7. The number of methoxy groups -OCH3 is 1. The number of benzene rings is 1. The first-order chi connectivity index (χ1) is 9.67. The molecule has 6 nitrogen and oxygen atoms in total. The predicted molar refractivity (Wildman–Crippen MR) is 70.2 cm³/mol. The Morgan fingerprint density at radius 3 is 2.75 bits per heavy atom. The van der Waals surface area contributed by atoms with Gasteiger partial charge >= 0.3 is 0 Å². The summed E-state index contributed by atoms with van der Waals surface area (Å²) in [7, 11) is 1.50. The number of hydrogen-bond acceptors (Lipinski definition) is 6. The lowest BCUT2D eigenvalue weighted by molar-refractivity contribution is -0.0739. The van der Waals surface area contributed by atoms with Crippen molar-refractivity contribution in [3.63, 3.8) is 0 Å². The van der Waals surface area contributed by atoms with Crippen molar-refractivity contribution in [1.82, 2.24) is 0 Å². The van der Waals surface area contributed by atoms with Crippen LogP contribution in [0.5, 0.6) is 11.5 Å². The molecular weight excluding hydrogens is 264 g/mol. The summed E-state index contributed by atoms with van der Waals surface area (Å²) in [5, 5.41) is 27.8. The van der Waals surface area contributed by atoms with Crippen molar-refractivity contribution in [2.45, 2.75) is 25.2 Å². The summed E-state index contributed by atoms with van der Waals surface area (Å²) >= 11 is 0. The second kappa shape index (κ2) is 6.60. The van der Waals surface area contributed by atoms with Crippen LogP contribution >= 0.6 is 0 Å². The van der Waals surface area contributed by atoms with Gasteiger partial charge < -0.3 is 29.5 Å². The Morgan fingerprint density at radius 1 is 1.30 bits per heavy atom. The fraction of sp³-hybridized carbons (Fsp3) is 0.429. The maximum Gasteiger partial charge on any atom is 0.281 e. The Balaban J connectivity index is 2.14. The molecular formula is C14H18O6. The minimum atomic E-state index is -0.744. The summed E-state index contributed by atoms with van der Waals surface area (Å²) in [4.78, 5) is 0. The third-order valence-electron chi connectivity index (χ3n) is 3.02. The Bertz CT molecular complexity index is 485. The molecule has 1 aliphatic rings. The summed E-state index contributed by atoms with van der Waals surface area (Å²) in [5.41, 5.74) is 0.705. The molecule has 6 heteroatoms. The molecule has 0 saturated carbocycles. The summed E-state index contributed by atoms with van der Waals surface area (Å²) in [6, 6.07) is 5.03. The molecule has 0 bridgehead atoms. The van der Waals surface area contributed by atoms with Crippen molar-refractivity contribution in [3.05, 3.63) is 35.8 Å². The van der Waals surface area contributed by atoms with Crippen LogP contribution in [0.4, 0.5) is 0 Å². The van der Waals surface area contributed by atoms with E-state index in [1.165, 1.54) is 7.11 Å². The molecule has 0 aliphatic carbocycles. The monoisotopic (exact) mass is 282 g/mol. The van der Waals surface area contributed by atoms with Gasteiger partial charge in [-0.25, -0.2) is 0 Å². The number of rotatable bonds is 5.